The van der Waals surface area contributed by atoms with Crippen LogP contribution in [0.15, 0.2) is 72.8 Å². The SMILES string of the molecule is O=C1c2ccccc2OCC1(c1ccc(C(F)(F)F)cc1)c1ccc(C(F)(F)F)cc1. The molecule has 0 bridgehead atoms. The molecule has 0 aliphatic carbocycles. The molecule has 0 amide bonds. The summed E-state index contributed by atoms with van der Waals surface area (Å²) in [6.45, 7) is -0.264. The number of ether oxygens (including phenoxy) is 1. The van der Waals surface area contributed by atoms with Gasteiger partial charge in [0.15, 0.2) is 5.78 Å². The van der Waals surface area contributed by atoms with Gasteiger partial charge in [-0.15, -0.1) is 0 Å². The number of halogens is 6. The zero-order chi connectivity index (χ0) is 22.4. The molecule has 160 valence electrons. The van der Waals surface area contributed by atoms with Crippen molar-refractivity contribution in [3.8, 4) is 5.75 Å². The quantitative estimate of drug-likeness (QED) is 0.442. The second kappa shape index (κ2) is 7.14. The lowest BCUT2D eigenvalue weighted by molar-refractivity contribution is -0.138. The Morgan fingerprint density at radius 2 is 1.13 bits per heavy atom. The second-order valence-electron chi connectivity index (χ2n) is 7.17. The van der Waals surface area contributed by atoms with E-state index in [1.165, 1.54) is 6.07 Å². The first-order valence-electron chi connectivity index (χ1n) is 9.15. The Morgan fingerprint density at radius 3 is 1.58 bits per heavy atom. The van der Waals surface area contributed by atoms with E-state index in [2.05, 4.69) is 0 Å². The van der Waals surface area contributed by atoms with Gasteiger partial charge in [0, 0.05) is 0 Å². The molecule has 3 aromatic carbocycles. The summed E-state index contributed by atoms with van der Waals surface area (Å²) in [5.74, 6) is -0.157. The first-order valence-corrected chi connectivity index (χ1v) is 9.15. The van der Waals surface area contributed by atoms with Crippen molar-refractivity contribution >= 4 is 5.78 Å². The molecule has 3 aromatic rings. The van der Waals surface area contributed by atoms with Crippen LogP contribution in [0.2, 0.25) is 0 Å². The minimum Gasteiger partial charge on any atom is -0.491 e. The maximum atomic E-state index is 13.6. The van der Waals surface area contributed by atoms with Gasteiger partial charge in [0.25, 0.3) is 0 Å². The van der Waals surface area contributed by atoms with Gasteiger partial charge in [-0.2, -0.15) is 26.3 Å². The molecular formula is C23H14F6O2. The van der Waals surface area contributed by atoms with Crippen molar-refractivity contribution in [3.05, 3.63) is 101 Å². The average Bonchev–Trinajstić information content (AvgIpc) is 2.74. The van der Waals surface area contributed by atoms with Crippen molar-refractivity contribution in [2.45, 2.75) is 17.8 Å². The Morgan fingerprint density at radius 1 is 0.677 bits per heavy atom. The van der Waals surface area contributed by atoms with Gasteiger partial charge in [-0.1, -0.05) is 36.4 Å². The van der Waals surface area contributed by atoms with Gasteiger partial charge in [0.2, 0.25) is 0 Å². The fourth-order valence-corrected chi connectivity index (χ4v) is 3.74. The van der Waals surface area contributed by atoms with Crippen LogP contribution in [-0.2, 0) is 17.8 Å². The summed E-state index contributed by atoms with van der Waals surface area (Å²) in [6, 6.07) is 14.4. The minimum atomic E-state index is -4.57. The molecule has 0 unspecified atom stereocenters. The molecule has 0 spiro atoms. The van der Waals surface area contributed by atoms with Crippen LogP contribution in [0.5, 0.6) is 5.75 Å². The third-order valence-electron chi connectivity index (χ3n) is 5.37. The summed E-state index contributed by atoms with van der Waals surface area (Å²) in [5.41, 5.74) is -2.80. The van der Waals surface area contributed by atoms with Crippen LogP contribution in [0.25, 0.3) is 0 Å². The van der Waals surface area contributed by atoms with Crippen LogP contribution in [0.4, 0.5) is 26.3 Å². The third kappa shape index (κ3) is 3.56. The Balaban J connectivity index is 1.89. The van der Waals surface area contributed by atoms with Crippen LogP contribution in [0.3, 0.4) is 0 Å². The average molecular weight is 436 g/mol. The largest absolute Gasteiger partial charge is 0.491 e. The van der Waals surface area contributed by atoms with Crippen molar-refractivity contribution in [2.75, 3.05) is 6.61 Å². The third-order valence-corrected chi connectivity index (χ3v) is 5.37. The number of benzene rings is 3. The number of carbonyl (C=O) groups is 1. The predicted molar refractivity (Wildman–Crippen MR) is 99.9 cm³/mol. The van der Waals surface area contributed by atoms with Crippen LogP contribution < -0.4 is 4.74 Å². The second-order valence-corrected chi connectivity index (χ2v) is 7.17. The number of Topliss-reactive ketones (excluding diaryl/α,β-unsaturated/α-hetero) is 1. The molecule has 0 fully saturated rings. The number of ketones is 1. The van der Waals surface area contributed by atoms with Crippen LogP contribution in [0, 0.1) is 0 Å². The molecule has 1 heterocycles. The standard InChI is InChI=1S/C23H14F6O2/c24-22(25,26)16-9-5-14(6-10-16)21(15-7-11-17(12-8-15)23(27,28)29)13-31-19-4-2-1-3-18(19)20(21)30/h1-12H,13H2. The number of alkyl halides is 6. The molecule has 1 aliphatic rings. The van der Waals surface area contributed by atoms with Crippen LogP contribution in [-0.4, -0.2) is 12.4 Å². The van der Waals surface area contributed by atoms with Crippen molar-refractivity contribution in [1.82, 2.24) is 0 Å². The molecule has 4 rings (SSSR count). The summed E-state index contributed by atoms with van der Waals surface area (Å²) >= 11 is 0. The van der Waals surface area contributed by atoms with Gasteiger partial charge in [0.1, 0.15) is 17.8 Å². The van der Waals surface area contributed by atoms with E-state index in [0.717, 1.165) is 48.5 Å². The monoisotopic (exact) mass is 436 g/mol. The smallest absolute Gasteiger partial charge is 0.416 e. The van der Waals surface area contributed by atoms with E-state index in [-0.39, 0.29) is 23.3 Å². The van der Waals surface area contributed by atoms with Crippen LogP contribution >= 0.6 is 0 Å². The fourth-order valence-electron chi connectivity index (χ4n) is 3.74. The number of hydrogen-bond acceptors (Lipinski definition) is 2. The molecule has 0 radical (unpaired) electrons. The normalized spacial score (nSPS) is 15.9. The molecule has 31 heavy (non-hydrogen) atoms. The van der Waals surface area contributed by atoms with E-state index in [4.69, 9.17) is 4.74 Å². The molecule has 0 saturated heterocycles. The van der Waals surface area contributed by atoms with Crippen molar-refractivity contribution in [3.63, 3.8) is 0 Å². The zero-order valence-corrected chi connectivity index (χ0v) is 15.7. The Labute approximate surface area is 173 Å². The molecule has 0 N–H and O–H groups in total. The maximum Gasteiger partial charge on any atom is 0.416 e. The molecular weight excluding hydrogens is 422 g/mol. The number of carbonyl (C=O) groups excluding carboxylic acids is 1. The van der Waals surface area contributed by atoms with E-state index in [0.29, 0.717) is 5.75 Å². The predicted octanol–water partition coefficient (Wildman–Crippen LogP) is 6.29. The Hall–Kier alpha value is -3.29. The lowest BCUT2D eigenvalue weighted by Gasteiger charge is -2.37. The highest BCUT2D eigenvalue weighted by atomic mass is 19.4. The van der Waals surface area contributed by atoms with Crippen molar-refractivity contribution in [2.24, 2.45) is 0 Å². The number of para-hydroxylation sites is 1. The first kappa shape index (κ1) is 21.0. The summed E-state index contributed by atoms with van der Waals surface area (Å²) in [5, 5.41) is 0. The first-order chi connectivity index (χ1) is 14.5. The lowest BCUT2D eigenvalue weighted by Crippen LogP contribution is -2.46. The molecule has 0 atom stereocenters. The maximum absolute atomic E-state index is 13.6. The van der Waals surface area contributed by atoms with Gasteiger partial charge in [-0.25, -0.2) is 0 Å². The minimum absolute atomic E-state index is 0.194. The number of hydrogen-bond donors (Lipinski definition) is 0. The molecule has 2 nitrogen and oxygen atoms in total. The zero-order valence-electron chi connectivity index (χ0n) is 15.7. The molecule has 0 aromatic heterocycles. The highest BCUT2D eigenvalue weighted by Crippen LogP contribution is 2.43. The fraction of sp³-hybridized carbons (Fsp3) is 0.174. The van der Waals surface area contributed by atoms with Gasteiger partial charge >= 0.3 is 12.4 Å². The topological polar surface area (TPSA) is 26.3 Å². The lowest BCUT2D eigenvalue weighted by atomic mass is 9.68. The molecule has 8 heteroatoms. The van der Waals surface area contributed by atoms with E-state index >= 15 is 0 Å². The highest BCUT2D eigenvalue weighted by Gasteiger charge is 2.47. The van der Waals surface area contributed by atoms with E-state index in [1.807, 2.05) is 0 Å². The van der Waals surface area contributed by atoms with Crippen LogP contribution in [0.1, 0.15) is 32.6 Å². The number of fused-ring (bicyclic) bond motifs is 1. The van der Waals surface area contributed by atoms with Crippen molar-refractivity contribution in [1.29, 1.82) is 0 Å². The van der Waals surface area contributed by atoms with Crippen molar-refractivity contribution < 1.29 is 35.9 Å². The highest BCUT2D eigenvalue weighted by molar-refractivity contribution is 6.09. The summed E-state index contributed by atoms with van der Waals surface area (Å²) in [4.78, 5) is 13.6. The van der Waals surface area contributed by atoms with Gasteiger partial charge < -0.3 is 4.74 Å². The van der Waals surface area contributed by atoms with Gasteiger partial charge in [-0.3, -0.25) is 4.79 Å². The number of rotatable bonds is 2. The van der Waals surface area contributed by atoms with E-state index < -0.39 is 34.7 Å². The van der Waals surface area contributed by atoms with Gasteiger partial charge in [-0.05, 0) is 47.5 Å². The van der Waals surface area contributed by atoms with E-state index in [1.54, 1.807) is 18.2 Å². The van der Waals surface area contributed by atoms with E-state index in [9.17, 15) is 31.1 Å². The summed E-state index contributed by atoms with van der Waals surface area (Å²) < 4.78 is 83.8. The summed E-state index contributed by atoms with van der Waals surface area (Å²) in [7, 11) is 0. The van der Waals surface area contributed by atoms with Gasteiger partial charge in [0.05, 0.1) is 16.7 Å². The molecule has 1 aliphatic heterocycles. The summed E-state index contributed by atoms with van der Waals surface area (Å²) in [6.07, 6.45) is -9.14. The molecule has 0 saturated carbocycles. The Bertz CT molecular complexity index is 1060. The Kier molecular flexibility index (Phi) is 4.83.